The standard InChI is InChI=1S/C7H9F5O6S2.C7H11F3O6S2.2CH3F/c1-5(2-8)15-6(9,3-19-18-17-11)7(10,16-5)4-20(12,13)14;1-5(2-8)14-6(9,3-17-16-11)7(10,15-5)4-18(12)13;2*1-2/h2-4H2,1H3;11H,2-4H2,1H3,(H,12,13);2*1H3. The zero-order chi connectivity index (χ0) is 33.7. The van der Waals surface area contributed by atoms with Crippen LogP contribution in [-0.2, 0) is 54.0 Å². The number of hydrogen-bond donors (Lipinski definition) is 2. The molecule has 2 fully saturated rings. The van der Waals surface area contributed by atoms with E-state index in [9.17, 15) is 56.2 Å². The van der Waals surface area contributed by atoms with Crippen molar-refractivity contribution in [2.24, 2.45) is 0 Å². The lowest BCUT2D eigenvalue weighted by atomic mass is 10.2. The minimum atomic E-state index is -5.52. The Morgan fingerprint density at radius 1 is 0.810 bits per heavy atom. The zero-order valence-corrected chi connectivity index (χ0v) is 24.9. The Labute approximate surface area is 243 Å². The Bertz CT molecular complexity index is 937. The summed E-state index contributed by atoms with van der Waals surface area (Å²) in [6.45, 7) is -1.22. The lowest BCUT2D eigenvalue weighted by Crippen LogP contribution is -2.51. The second kappa shape index (κ2) is 18.0. The van der Waals surface area contributed by atoms with Gasteiger partial charge in [-0.1, -0.05) is 0 Å². The van der Waals surface area contributed by atoms with Crippen molar-refractivity contribution < 1.29 is 98.7 Å². The average molecular weight is 729 g/mol. The maximum absolute atomic E-state index is 14.3. The minimum absolute atomic E-state index is 0.0773. The van der Waals surface area contributed by atoms with Gasteiger partial charge in [-0.25, -0.2) is 35.8 Å². The molecule has 7 atom stereocenters. The molecule has 0 aromatic heterocycles. The molecule has 2 heterocycles. The molecule has 2 N–H and O–H groups in total. The molecule has 256 valence electrons. The van der Waals surface area contributed by atoms with E-state index < -0.39 is 92.7 Å². The summed E-state index contributed by atoms with van der Waals surface area (Å²) in [5, 5.41) is 10.7. The van der Waals surface area contributed by atoms with Gasteiger partial charge in [0.25, 0.3) is 23.4 Å². The summed E-state index contributed by atoms with van der Waals surface area (Å²) in [6, 6.07) is 0. The molecule has 0 radical (unpaired) electrons. The van der Waals surface area contributed by atoms with Crippen molar-refractivity contribution >= 4 is 45.4 Å². The molecule has 0 spiro atoms. The van der Waals surface area contributed by atoms with Crippen molar-refractivity contribution in [3.63, 3.8) is 0 Å². The molecule has 0 aliphatic carbocycles. The lowest BCUT2D eigenvalue weighted by Gasteiger charge is -2.27. The van der Waals surface area contributed by atoms with Crippen LogP contribution in [0, 0.1) is 0 Å². The van der Waals surface area contributed by atoms with E-state index in [0.29, 0.717) is 14.4 Å². The van der Waals surface area contributed by atoms with Gasteiger partial charge in [0.1, 0.15) is 24.9 Å². The van der Waals surface area contributed by atoms with Crippen LogP contribution in [0.25, 0.3) is 0 Å². The lowest BCUT2D eigenvalue weighted by molar-refractivity contribution is -0.359. The molecule has 2 rings (SSSR count). The number of ether oxygens (including phenoxy) is 4. The highest BCUT2D eigenvalue weighted by atomic mass is 32.3. The molecule has 0 aromatic carbocycles. The molecule has 0 amide bonds. The quantitative estimate of drug-likeness (QED) is 0.0523. The maximum atomic E-state index is 14.3. The van der Waals surface area contributed by atoms with Crippen molar-refractivity contribution in [2.75, 3.05) is 50.7 Å². The third-order valence-corrected chi connectivity index (χ3v) is 6.96. The van der Waals surface area contributed by atoms with Crippen LogP contribution < -0.4 is 0 Å². The van der Waals surface area contributed by atoms with Gasteiger partial charge in [0.05, 0.1) is 25.9 Å². The predicted octanol–water partition coefficient (Wildman–Crippen LogP) is 4.41. The van der Waals surface area contributed by atoms with Crippen molar-refractivity contribution in [3.05, 3.63) is 0 Å². The second-order valence-corrected chi connectivity index (χ2v) is 11.4. The molecule has 12 nitrogen and oxygen atoms in total. The molecule has 0 aromatic rings. The highest BCUT2D eigenvalue weighted by molar-refractivity contribution is 7.94. The van der Waals surface area contributed by atoms with Crippen LogP contribution in [0.4, 0.5) is 43.5 Å². The predicted molar refractivity (Wildman–Crippen MR) is 125 cm³/mol. The van der Waals surface area contributed by atoms with E-state index in [0.717, 1.165) is 13.8 Å². The van der Waals surface area contributed by atoms with Crippen molar-refractivity contribution in [2.45, 2.75) is 48.8 Å². The van der Waals surface area contributed by atoms with Crippen LogP contribution in [0.5, 0.6) is 0 Å². The number of alkyl halides is 8. The SMILES string of the molecule is CC1(CF)OC(F)(CSOO)C(F)(CS(=O)O)O1.CC1(CF)OC(F)(CSOOF)C(F)(CS(=O)(=O)F)O1.CF.CF. The van der Waals surface area contributed by atoms with E-state index in [1.54, 1.807) is 0 Å². The van der Waals surface area contributed by atoms with Crippen LogP contribution in [0.15, 0.2) is 0 Å². The fourth-order valence-electron chi connectivity index (χ4n) is 2.97. The van der Waals surface area contributed by atoms with E-state index >= 15 is 0 Å². The molecule has 0 bridgehead atoms. The summed E-state index contributed by atoms with van der Waals surface area (Å²) in [7, 11) is -4.52. The molecule has 2 saturated heterocycles. The molecular formula is C16H26F10O12S4. The van der Waals surface area contributed by atoms with Gasteiger partial charge in [-0.3, -0.25) is 8.78 Å². The fourth-order valence-corrected chi connectivity index (χ4v) is 5.27. The summed E-state index contributed by atoms with van der Waals surface area (Å²) < 4.78 is 190. The summed E-state index contributed by atoms with van der Waals surface area (Å²) >= 11 is -2.83. The molecule has 2 aliphatic heterocycles. The smallest absolute Gasteiger partial charge is 0.306 e. The maximum Gasteiger partial charge on any atom is 0.308 e. The van der Waals surface area contributed by atoms with Gasteiger partial charge >= 0.3 is 10.2 Å². The highest BCUT2D eigenvalue weighted by Crippen LogP contribution is 2.50. The van der Waals surface area contributed by atoms with Gasteiger partial charge in [0, 0.05) is 24.1 Å². The van der Waals surface area contributed by atoms with Crippen molar-refractivity contribution in [1.29, 1.82) is 0 Å². The van der Waals surface area contributed by atoms with E-state index in [1.165, 1.54) is 0 Å². The van der Waals surface area contributed by atoms with Gasteiger partial charge in [0.15, 0.2) is 11.1 Å². The fraction of sp³-hybridized carbons (Fsp3) is 1.00. The third-order valence-electron chi connectivity index (χ3n) is 4.39. The Balaban J connectivity index is 0. The summed E-state index contributed by atoms with van der Waals surface area (Å²) in [6.07, 6.45) is 0. The second-order valence-electron chi connectivity index (χ2n) is 7.74. The first-order valence-electron chi connectivity index (χ1n) is 10.1. The van der Waals surface area contributed by atoms with E-state index in [-0.39, 0.29) is 24.1 Å². The largest absolute Gasteiger partial charge is 0.308 e. The Morgan fingerprint density at radius 2 is 1.19 bits per heavy atom. The topological polar surface area (TPSA) is 156 Å². The molecule has 26 heteroatoms. The molecule has 7 unspecified atom stereocenters. The van der Waals surface area contributed by atoms with Crippen molar-refractivity contribution in [3.8, 4) is 0 Å². The first-order chi connectivity index (χ1) is 19.2. The molecule has 2 aliphatic rings. The van der Waals surface area contributed by atoms with E-state index in [1.807, 2.05) is 0 Å². The van der Waals surface area contributed by atoms with Gasteiger partial charge in [0.2, 0.25) is 11.6 Å². The number of halogens is 10. The van der Waals surface area contributed by atoms with Crippen LogP contribution in [0.1, 0.15) is 13.8 Å². The molecule has 42 heavy (non-hydrogen) atoms. The monoisotopic (exact) mass is 728 g/mol. The third kappa shape index (κ3) is 12.3. The van der Waals surface area contributed by atoms with Gasteiger partial charge in [-0.05, 0) is 23.5 Å². The van der Waals surface area contributed by atoms with Crippen LogP contribution >= 0.6 is 24.1 Å². The Hall–Kier alpha value is -0.260. The number of rotatable bonds is 13. The van der Waals surface area contributed by atoms with E-state index in [4.69, 9.17) is 9.81 Å². The normalized spacial score (nSPS) is 36.6. The van der Waals surface area contributed by atoms with E-state index in [2.05, 4.69) is 32.7 Å². The van der Waals surface area contributed by atoms with Crippen LogP contribution in [0.3, 0.4) is 0 Å². The van der Waals surface area contributed by atoms with Gasteiger partial charge in [-0.2, -0.15) is 12.8 Å². The summed E-state index contributed by atoms with van der Waals surface area (Å²) in [5.41, 5.74) is 0. The molecular weight excluding hydrogens is 702 g/mol. The highest BCUT2D eigenvalue weighted by Gasteiger charge is 2.70. The summed E-state index contributed by atoms with van der Waals surface area (Å²) in [4.78, 5) is 0. The first-order valence-corrected chi connectivity index (χ1v) is 14.8. The number of hydrogen-bond acceptors (Lipinski definition) is 13. The average Bonchev–Trinajstić information content (AvgIpc) is 3.21. The molecule has 0 saturated carbocycles. The van der Waals surface area contributed by atoms with Crippen molar-refractivity contribution in [1.82, 2.24) is 0 Å². The van der Waals surface area contributed by atoms with Crippen LogP contribution in [0.2, 0.25) is 0 Å². The first kappa shape index (κ1) is 43.9. The zero-order valence-electron chi connectivity index (χ0n) is 21.6. The Morgan fingerprint density at radius 3 is 1.55 bits per heavy atom. The summed E-state index contributed by atoms with van der Waals surface area (Å²) in [5.74, 6) is -24.2. The van der Waals surface area contributed by atoms with Crippen LogP contribution in [-0.4, -0.2) is 108 Å². The minimum Gasteiger partial charge on any atom is -0.306 e. The Kier molecular flexibility index (Phi) is 18.8. The van der Waals surface area contributed by atoms with Gasteiger partial charge in [-0.15, -0.1) is 8.22 Å². The van der Waals surface area contributed by atoms with Gasteiger partial charge < -0.3 is 23.5 Å².